The van der Waals surface area contributed by atoms with E-state index >= 15 is 0 Å². The lowest BCUT2D eigenvalue weighted by atomic mass is 9.82. The van der Waals surface area contributed by atoms with Crippen molar-refractivity contribution in [2.75, 3.05) is 0 Å². The quantitative estimate of drug-likeness (QED) is 0.772. The Morgan fingerprint density at radius 3 is 2.50 bits per heavy atom. The first-order valence-corrected chi connectivity index (χ1v) is 5.19. The van der Waals surface area contributed by atoms with Gasteiger partial charge < -0.3 is 5.73 Å². The monoisotopic (exact) mass is 212 g/mol. The predicted octanol–water partition coefficient (Wildman–Crippen LogP) is 1.87. The van der Waals surface area contributed by atoms with E-state index in [0.29, 0.717) is 18.5 Å². The zero-order chi connectivity index (χ0) is 11.5. The van der Waals surface area contributed by atoms with Gasteiger partial charge in [0.2, 0.25) is 0 Å². The normalized spacial score (nSPS) is 20.7. The first-order chi connectivity index (χ1) is 7.72. The van der Waals surface area contributed by atoms with E-state index in [2.05, 4.69) is 0 Å². The van der Waals surface area contributed by atoms with Crippen molar-refractivity contribution < 1.29 is 4.79 Å². The predicted molar refractivity (Wildman–Crippen MR) is 60.3 cm³/mol. The summed E-state index contributed by atoms with van der Waals surface area (Å²) in [6, 6.07) is 11.7. The second-order valence-corrected chi connectivity index (χ2v) is 3.95. The van der Waals surface area contributed by atoms with E-state index in [1.54, 1.807) is 0 Å². The van der Waals surface area contributed by atoms with Crippen molar-refractivity contribution in [3.05, 3.63) is 47.2 Å². The molecule has 1 atom stereocenters. The zero-order valence-corrected chi connectivity index (χ0v) is 8.81. The van der Waals surface area contributed by atoms with Crippen LogP contribution in [0.1, 0.15) is 24.3 Å². The largest absolute Gasteiger partial charge is 0.401 e. The standard InChI is InChI=1S/C13H12N2O/c14-8-11-12(15)6-10(7-13(11)16)9-4-2-1-3-5-9/h1-5,10H,6-7,15H2. The summed E-state index contributed by atoms with van der Waals surface area (Å²) in [5.41, 5.74) is 7.42. The molecule has 0 amide bonds. The number of ketones is 1. The summed E-state index contributed by atoms with van der Waals surface area (Å²) in [5, 5.41) is 8.78. The maximum Gasteiger partial charge on any atom is 0.175 e. The van der Waals surface area contributed by atoms with Crippen LogP contribution in [-0.4, -0.2) is 5.78 Å². The molecule has 1 aliphatic carbocycles. The van der Waals surface area contributed by atoms with Crippen LogP contribution in [0.4, 0.5) is 0 Å². The second-order valence-electron chi connectivity index (χ2n) is 3.95. The Bertz CT molecular complexity index is 482. The minimum absolute atomic E-state index is 0.116. The van der Waals surface area contributed by atoms with Gasteiger partial charge in [-0.05, 0) is 17.9 Å². The number of nitrogens with two attached hydrogens (primary N) is 1. The highest BCUT2D eigenvalue weighted by molar-refractivity contribution is 6.01. The average molecular weight is 212 g/mol. The number of rotatable bonds is 1. The van der Waals surface area contributed by atoms with Crippen LogP contribution in [0.3, 0.4) is 0 Å². The maximum absolute atomic E-state index is 11.7. The highest BCUT2D eigenvalue weighted by atomic mass is 16.1. The molecule has 0 aliphatic heterocycles. The molecule has 0 aromatic heterocycles. The van der Waals surface area contributed by atoms with Gasteiger partial charge in [0, 0.05) is 12.1 Å². The Morgan fingerprint density at radius 1 is 1.25 bits per heavy atom. The number of Topliss-reactive ketones (excluding diaryl/α,β-unsaturated/α-hetero) is 1. The van der Waals surface area contributed by atoms with Crippen LogP contribution in [0, 0.1) is 11.3 Å². The van der Waals surface area contributed by atoms with E-state index in [1.165, 1.54) is 0 Å². The molecule has 16 heavy (non-hydrogen) atoms. The molecule has 3 nitrogen and oxygen atoms in total. The van der Waals surface area contributed by atoms with Crippen molar-refractivity contribution in [3.63, 3.8) is 0 Å². The van der Waals surface area contributed by atoms with Crippen molar-refractivity contribution in [3.8, 4) is 6.07 Å². The van der Waals surface area contributed by atoms with Gasteiger partial charge in [0.05, 0.1) is 0 Å². The number of nitrogens with zero attached hydrogens (tertiary/aromatic N) is 1. The molecule has 0 heterocycles. The van der Waals surface area contributed by atoms with Gasteiger partial charge >= 0.3 is 0 Å². The summed E-state index contributed by atoms with van der Waals surface area (Å²) < 4.78 is 0. The van der Waals surface area contributed by atoms with Crippen molar-refractivity contribution in [2.45, 2.75) is 18.8 Å². The summed E-state index contributed by atoms with van der Waals surface area (Å²) in [6.45, 7) is 0. The topological polar surface area (TPSA) is 66.9 Å². The molecule has 1 aromatic carbocycles. The first-order valence-electron chi connectivity index (χ1n) is 5.19. The summed E-state index contributed by atoms with van der Waals surface area (Å²) in [7, 11) is 0. The number of benzene rings is 1. The maximum atomic E-state index is 11.7. The number of nitriles is 1. The van der Waals surface area contributed by atoms with Gasteiger partial charge in [-0.3, -0.25) is 4.79 Å². The highest BCUT2D eigenvalue weighted by Crippen LogP contribution is 2.32. The third-order valence-electron chi connectivity index (χ3n) is 2.88. The van der Waals surface area contributed by atoms with Gasteiger partial charge in [-0.15, -0.1) is 0 Å². The van der Waals surface area contributed by atoms with E-state index in [0.717, 1.165) is 5.56 Å². The van der Waals surface area contributed by atoms with Crippen LogP contribution >= 0.6 is 0 Å². The fourth-order valence-electron chi connectivity index (χ4n) is 2.04. The van der Waals surface area contributed by atoms with Crippen LogP contribution in [0.2, 0.25) is 0 Å². The fourth-order valence-corrected chi connectivity index (χ4v) is 2.04. The van der Waals surface area contributed by atoms with Crippen molar-refractivity contribution in [1.82, 2.24) is 0 Å². The molecule has 2 N–H and O–H groups in total. The first kappa shape index (κ1) is 10.4. The van der Waals surface area contributed by atoms with Gasteiger partial charge in [-0.1, -0.05) is 30.3 Å². The molecule has 0 spiro atoms. The molecule has 0 radical (unpaired) electrons. The lowest BCUT2D eigenvalue weighted by molar-refractivity contribution is -0.116. The van der Waals surface area contributed by atoms with Crippen molar-refractivity contribution in [1.29, 1.82) is 5.26 Å². The van der Waals surface area contributed by atoms with Crippen LogP contribution in [0.15, 0.2) is 41.6 Å². The van der Waals surface area contributed by atoms with Crippen LogP contribution < -0.4 is 5.73 Å². The summed E-state index contributed by atoms with van der Waals surface area (Å²) >= 11 is 0. The van der Waals surface area contributed by atoms with Gasteiger partial charge in [0.15, 0.2) is 5.78 Å². The molecular weight excluding hydrogens is 200 g/mol. The molecule has 1 aromatic rings. The molecule has 1 aliphatic rings. The highest BCUT2D eigenvalue weighted by Gasteiger charge is 2.27. The Hall–Kier alpha value is -2.08. The summed E-state index contributed by atoms with van der Waals surface area (Å²) in [4.78, 5) is 11.7. The number of allylic oxidation sites excluding steroid dienone is 2. The van der Waals surface area contributed by atoms with Crippen molar-refractivity contribution in [2.24, 2.45) is 5.73 Å². The van der Waals surface area contributed by atoms with Crippen LogP contribution in [-0.2, 0) is 4.79 Å². The lowest BCUT2D eigenvalue weighted by Crippen LogP contribution is -2.21. The molecular formula is C13H12N2O. The zero-order valence-electron chi connectivity index (χ0n) is 8.81. The Morgan fingerprint density at radius 2 is 1.94 bits per heavy atom. The van der Waals surface area contributed by atoms with Crippen LogP contribution in [0.25, 0.3) is 0 Å². The summed E-state index contributed by atoms with van der Waals surface area (Å²) in [6.07, 6.45) is 0.978. The Labute approximate surface area is 94.2 Å². The fraction of sp³-hybridized carbons (Fsp3) is 0.231. The number of carbonyl (C=O) groups excluding carboxylic acids is 1. The van der Waals surface area contributed by atoms with Gasteiger partial charge in [-0.2, -0.15) is 5.26 Å². The van der Waals surface area contributed by atoms with Crippen molar-refractivity contribution >= 4 is 5.78 Å². The van der Waals surface area contributed by atoms with Crippen LogP contribution in [0.5, 0.6) is 0 Å². The van der Waals surface area contributed by atoms with Gasteiger partial charge in [0.25, 0.3) is 0 Å². The molecule has 0 fully saturated rings. The minimum Gasteiger partial charge on any atom is -0.401 e. The summed E-state index contributed by atoms with van der Waals surface area (Å²) in [5.74, 6) is -0.0223. The number of hydrogen-bond donors (Lipinski definition) is 1. The third-order valence-corrected chi connectivity index (χ3v) is 2.88. The van der Waals surface area contributed by atoms with E-state index in [-0.39, 0.29) is 17.3 Å². The number of carbonyl (C=O) groups is 1. The Kier molecular flexibility index (Phi) is 2.74. The van der Waals surface area contributed by atoms with E-state index in [4.69, 9.17) is 11.0 Å². The second kappa shape index (κ2) is 4.19. The minimum atomic E-state index is -0.139. The third kappa shape index (κ3) is 1.82. The van der Waals surface area contributed by atoms with Gasteiger partial charge in [-0.25, -0.2) is 0 Å². The average Bonchev–Trinajstić information content (AvgIpc) is 2.30. The lowest BCUT2D eigenvalue weighted by Gasteiger charge is -2.21. The smallest absolute Gasteiger partial charge is 0.175 e. The number of hydrogen-bond acceptors (Lipinski definition) is 3. The van der Waals surface area contributed by atoms with Gasteiger partial charge in [0.1, 0.15) is 11.6 Å². The molecule has 0 bridgehead atoms. The molecule has 2 rings (SSSR count). The Balaban J connectivity index is 2.29. The van der Waals surface area contributed by atoms with E-state index in [1.807, 2.05) is 36.4 Å². The molecule has 3 heteroatoms. The SMILES string of the molecule is N#CC1=C(N)CC(c2ccccc2)CC1=O. The molecule has 1 unspecified atom stereocenters. The van der Waals surface area contributed by atoms with E-state index < -0.39 is 0 Å². The molecule has 80 valence electrons. The van der Waals surface area contributed by atoms with E-state index in [9.17, 15) is 4.79 Å². The molecule has 0 saturated heterocycles. The molecule has 0 saturated carbocycles.